The van der Waals surface area contributed by atoms with E-state index >= 15 is 0 Å². The van der Waals surface area contributed by atoms with E-state index in [9.17, 15) is 5.11 Å². The summed E-state index contributed by atoms with van der Waals surface area (Å²) in [6.45, 7) is 2.64. The first kappa shape index (κ1) is 15.7. The normalized spacial score (nSPS) is 10.2. The third-order valence-corrected chi connectivity index (χ3v) is 3.49. The average molecular weight is 320 g/mol. The zero-order chi connectivity index (χ0) is 16.8. The predicted molar refractivity (Wildman–Crippen MR) is 98.7 cm³/mol. The van der Waals surface area contributed by atoms with E-state index < -0.39 is 0 Å². The molecule has 0 spiro atoms. The zero-order valence-electron chi connectivity index (χ0n) is 13.5. The Kier molecular flexibility index (Phi) is 4.87. The number of ether oxygens (including phenoxy) is 1. The number of hydrogen-bond acceptors (Lipinski definition) is 4. The maximum absolute atomic E-state index is 9.30. The van der Waals surface area contributed by atoms with E-state index in [0.717, 1.165) is 28.5 Å². The zero-order valence-corrected chi connectivity index (χ0v) is 13.5. The standard InChI is InChI=1S/C20H20N2O2/c1-2-24-20-13-9-18(10-14-20)22-16-5-3-15(4-6-16)21-17-7-11-19(23)12-8-17/h3-14,21-23H,2H2,1H3. The molecule has 0 amide bonds. The van der Waals surface area contributed by atoms with E-state index in [4.69, 9.17) is 4.74 Å². The molecule has 0 aromatic heterocycles. The van der Waals surface area contributed by atoms with Crippen LogP contribution >= 0.6 is 0 Å². The topological polar surface area (TPSA) is 53.5 Å². The first-order valence-electron chi connectivity index (χ1n) is 7.89. The van der Waals surface area contributed by atoms with E-state index in [2.05, 4.69) is 10.6 Å². The van der Waals surface area contributed by atoms with Crippen LogP contribution in [0.2, 0.25) is 0 Å². The number of phenols is 1. The van der Waals surface area contributed by atoms with Crippen LogP contribution in [0.1, 0.15) is 6.92 Å². The molecule has 0 atom stereocenters. The van der Waals surface area contributed by atoms with Crippen LogP contribution in [-0.2, 0) is 0 Å². The summed E-state index contributed by atoms with van der Waals surface area (Å²) in [5.41, 5.74) is 3.94. The van der Waals surface area contributed by atoms with Crippen molar-refractivity contribution >= 4 is 22.7 Å². The van der Waals surface area contributed by atoms with Gasteiger partial charge in [0.05, 0.1) is 6.61 Å². The first-order chi connectivity index (χ1) is 11.7. The summed E-state index contributed by atoms with van der Waals surface area (Å²) >= 11 is 0. The van der Waals surface area contributed by atoms with Gasteiger partial charge in [0.2, 0.25) is 0 Å². The van der Waals surface area contributed by atoms with Gasteiger partial charge >= 0.3 is 0 Å². The van der Waals surface area contributed by atoms with Crippen molar-refractivity contribution in [3.05, 3.63) is 72.8 Å². The molecular weight excluding hydrogens is 300 g/mol. The SMILES string of the molecule is CCOc1ccc(Nc2ccc(Nc3ccc(O)cc3)cc2)cc1. The molecule has 0 aliphatic rings. The highest BCUT2D eigenvalue weighted by atomic mass is 16.5. The van der Waals surface area contributed by atoms with Crippen molar-refractivity contribution in [1.82, 2.24) is 0 Å². The summed E-state index contributed by atoms with van der Waals surface area (Å²) in [6, 6.07) is 22.9. The van der Waals surface area contributed by atoms with Gasteiger partial charge in [-0.25, -0.2) is 0 Å². The molecule has 3 rings (SSSR count). The van der Waals surface area contributed by atoms with Gasteiger partial charge in [0, 0.05) is 22.7 Å². The minimum Gasteiger partial charge on any atom is -0.508 e. The number of anilines is 4. The van der Waals surface area contributed by atoms with Crippen LogP contribution in [0.4, 0.5) is 22.7 Å². The Morgan fingerprint density at radius 1 is 0.667 bits per heavy atom. The highest BCUT2D eigenvalue weighted by Gasteiger charge is 1.98. The minimum atomic E-state index is 0.260. The molecule has 0 radical (unpaired) electrons. The van der Waals surface area contributed by atoms with Crippen molar-refractivity contribution in [3.63, 3.8) is 0 Å². The molecule has 24 heavy (non-hydrogen) atoms. The minimum absolute atomic E-state index is 0.260. The highest BCUT2D eigenvalue weighted by molar-refractivity contribution is 5.66. The maximum atomic E-state index is 9.30. The smallest absolute Gasteiger partial charge is 0.119 e. The fourth-order valence-electron chi connectivity index (χ4n) is 2.32. The molecule has 3 aromatic carbocycles. The van der Waals surface area contributed by atoms with Crippen LogP contribution in [0.3, 0.4) is 0 Å². The highest BCUT2D eigenvalue weighted by Crippen LogP contribution is 2.23. The Labute approximate surface area is 141 Å². The summed E-state index contributed by atoms with van der Waals surface area (Å²) in [6.07, 6.45) is 0. The molecular formula is C20H20N2O2. The summed E-state index contributed by atoms with van der Waals surface area (Å²) < 4.78 is 5.44. The van der Waals surface area contributed by atoms with Crippen molar-refractivity contribution in [3.8, 4) is 11.5 Å². The molecule has 3 aromatic rings. The number of hydrogen-bond donors (Lipinski definition) is 3. The van der Waals surface area contributed by atoms with Gasteiger partial charge < -0.3 is 20.5 Å². The predicted octanol–water partition coefficient (Wildman–Crippen LogP) is 5.28. The van der Waals surface area contributed by atoms with Crippen LogP contribution < -0.4 is 15.4 Å². The van der Waals surface area contributed by atoms with Gasteiger partial charge in [-0.1, -0.05) is 0 Å². The Hall–Kier alpha value is -3.14. The van der Waals surface area contributed by atoms with E-state index in [-0.39, 0.29) is 5.75 Å². The fraction of sp³-hybridized carbons (Fsp3) is 0.100. The van der Waals surface area contributed by atoms with E-state index in [1.807, 2.05) is 67.6 Å². The number of nitrogens with one attached hydrogen (secondary N) is 2. The summed E-state index contributed by atoms with van der Waals surface area (Å²) in [5.74, 6) is 1.13. The van der Waals surface area contributed by atoms with Crippen molar-refractivity contribution in [2.45, 2.75) is 6.92 Å². The lowest BCUT2D eigenvalue weighted by Crippen LogP contribution is -1.94. The molecule has 0 saturated heterocycles. The van der Waals surface area contributed by atoms with Crippen LogP contribution in [0.15, 0.2) is 72.8 Å². The maximum Gasteiger partial charge on any atom is 0.119 e. The molecule has 0 heterocycles. The average Bonchev–Trinajstić information content (AvgIpc) is 2.61. The van der Waals surface area contributed by atoms with Crippen molar-refractivity contribution in [2.24, 2.45) is 0 Å². The quantitative estimate of drug-likeness (QED) is 0.541. The molecule has 0 bridgehead atoms. The summed E-state index contributed by atoms with van der Waals surface area (Å²) in [4.78, 5) is 0. The molecule has 3 N–H and O–H groups in total. The third-order valence-electron chi connectivity index (χ3n) is 3.49. The van der Waals surface area contributed by atoms with Gasteiger partial charge in [-0.05, 0) is 79.7 Å². The number of rotatable bonds is 6. The van der Waals surface area contributed by atoms with Gasteiger partial charge in [0.15, 0.2) is 0 Å². The van der Waals surface area contributed by atoms with Crippen molar-refractivity contribution in [1.29, 1.82) is 0 Å². The van der Waals surface area contributed by atoms with Crippen LogP contribution in [-0.4, -0.2) is 11.7 Å². The van der Waals surface area contributed by atoms with Gasteiger partial charge in [-0.2, -0.15) is 0 Å². The lowest BCUT2D eigenvalue weighted by atomic mass is 10.2. The first-order valence-corrected chi connectivity index (χ1v) is 7.89. The molecule has 0 fully saturated rings. The number of aromatic hydroxyl groups is 1. The van der Waals surface area contributed by atoms with Gasteiger partial charge in [-0.15, -0.1) is 0 Å². The Morgan fingerprint density at radius 3 is 1.46 bits per heavy atom. The third kappa shape index (κ3) is 4.20. The molecule has 4 nitrogen and oxygen atoms in total. The van der Waals surface area contributed by atoms with Crippen LogP contribution in [0.25, 0.3) is 0 Å². The van der Waals surface area contributed by atoms with E-state index in [1.54, 1.807) is 12.1 Å². The van der Waals surface area contributed by atoms with Crippen LogP contribution in [0, 0.1) is 0 Å². The summed E-state index contributed by atoms with van der Waals surface area (Å²) in [7, 11) is 0. The largest absolute Gasteiger partial charge is 0.508 e. The Morgan fingerprint density at radius 2 is 1.04 bits per heavy atom. The van der Waals surface area contributed by atoms with Crippen LogP contribution in [0.5, 0.6) is 11.5 Å². The lowest BCUT2D eigenvalue weighted by Gasteiger charge is -2.10. The molecule has 0 saturated carbocycles. The van der Waals surface area contributed by atoms with Crippen molar-refractivity contribution in [2.75, 3.05) is 17.2 Å². The number of phenolic OH excluding ortho intramolecular Hbond substituents is 1. The summed E-state index contributed by atoms with van der Waals surface area (Å²) in [5, 5.41) is 15.9. The monoisotopic (exact) mass is 320 g/mol. The Balaban J connectivity index is 1.62. The van der Waals surface area contributed by atoms with Gasteiger partial charge in [-0.3, -0.25) is 0 Å². The van der Waals surface area contributed by atoms with Gasteiger partial charge in [0.1, 0.15) is 11.5 Å². The van der Waals surface area contributed by atoms with E-state index in [1.165, 1.54) is 0 Å². The second-order valence-electron chi connectivity index (χ2n) is 5.33. The second-order valence-corrected chi connectivity index (χ2v) is 5.33. The van der Waals surface area contributed by atoms with Crippen molar-refractivity contribution < 1.29 is 9.84 Å². The lowest BCUT2D eigenvalue weighted by molar-refractivity contribution is 0.340. The molecule has 0 aliphatic carbocycles. The molecule has 0 aliphatic heterocycles. The second kappa shape index (κ2) is 7.42. The number of benzene rings is 3. The molecule has 122 valence electrons. The van der Waals surface area contributed by atoms with Gasteiger partial charge in [0.25, 0.3) is 0 Å². The fourth-order valence-corrected chi connectivity index (χ4v) is 2.32. The Bertz CT molecular complexity index is 766. The molecule has 0 unspecified atom stereocenters. The molecule has 4 heteroatoms. The van der Waals surface area contributed by atoms with E-state index in [0.29, 0.717) is 6.61 Å².